The Morgan fingerprint density at radius 1 is 1.07 bits per heavy atom. The van der Waals surface area contributed by atoms with E-state index in [1.54, 1.807) is 0 Å². The Balaban J connectivity index is 3.08. The smallest absolute Gasteiger partial charge is 0.322 e. The zero-order chi connectivity index (χ0) is 11.4. The SMILES string of the molecule is F[C@H]1O[C@@](C(F)(F)Cl)(C(F)(Cl)Cl)[C@H]1F. The lowest BCUT2D eigenvalue weighted by molar-refractivity contribution is -0.372. The molecule has 0 aromatic carbocycles. The minimum atomic E-state index is -4.58. The predicted octanol–water partition coefficient (Wildman–Crippen LogP) is 3.32. The van der Waals surface area contributed by atoms with Crippen molar-refractivity contribution in [2.24, 2.45) is 0 Å². The van der Waals surface area contributed by atoms with Crippen molar-refractivity contribution < 1.29 is 26.7 Å². The van der Waals surface area contributed by atoms with E-state index in [-0.39, 0.29) is 0 Å². The summed E-state index contributed by atoms with van der Waals surface area (Å²) in [6, 6.07) is 0. The second kappa shape index (κ2) is 3.23. The van der Waals surface area contributed by atoms with Crippen molar-refractivity contribution in [1.82, 2.24) is 0 Å². The molecule has 1 nitrogen and oxygen atoms in total. The van der Waals surface area contributed by atoms with E-state index in [1.807, 2.05) is 0 Å². The Labute approximate surface area is 90.0 Å². The average molecular weight is 279 g/mol. The summed E-state index contributed by atoms with van der Waals surface area (Å²) in [6.07, 6.45) is -5.78. The molecule has 3 atom stereocenters. The highest BCUT2D eigenvalue weighted by atomic mass is 35.5. The van der Waals surface area contributed by atoms with Gasteiger partial charge in [0, 0.05) is 0 Å². The Hall–Kier alpha value is 0.480. The fourth-order valence-electron chi connectivity index (χ4n) is 1.02. The normalized spacial score (nSPS) is 39.4. The largest absolute Gasteiger partial charge is 0.359 e. The van der Waals surface area contributed by atoms with Crippen LogP contribution in [0.5, 0.6) is 0 Å². The van der Waals surface area contributed by atoms with Gasteiger partial charge in [-0.25, -0.2) is 13.2 Å². The van der Waals surface area contributed by atoms with Crippen LogP contribution in [0.1, 0.15) is 0 Å². The van der Waals surface area contributed by atoms with Crippen LogP contribution in [-0.2, 0) is 4.74 Å². The average Bonchev–Trinajstić information content (AvgIpc) is 1.93. The number of hydrogen-bond acceptors (Lipinski definition) is 1. The van der Waals surface area contributed by atoms with Crippen molar-refractivity contribution in [1.29, 1.82) is 0 Å². The number of alkyl halides is 8. The maximum atomic E-state index is 12.8. The fourth-order valence-corrected chi connectivity index (χ4v) is 1.93. The highest BCUT2D eigenvalue weighted by Crippen LogP contribution is 2.59. The zero-order valence-electron chi connectivity index (χ0n) is 6.09. The summed E-state index contributed by atoms with van der Waals surface area (Å²) in [5.74, 6) is 0. The van der Waals surface area contributed by atoms with E-state index in [4.69, 9.17) is 0 Å². The van der Waals surface area contributed by atoms with Gasteiger partial charge in [0.1, 0.15) is 0 Å². The summed E-state index contributed by atoms with van der Waals surface area (Å²) in [5, 5.41) is -4.58. The lowest BCUT2D eigenvalue weighted by Crippen LogP contribution is -2.74. The molecule has 0 N–H and O–H groups in total. The van der Waals surface area contributed by atoms with Gasteiger partial charge in [-0.2, -0.15) is 8.78 Å². The lowest BCUT2D eigenvalue weighted by atomic mass is 9.92. The molecule has 1 fully saturated rings. The molecule has 0 spiro atoms. The first-order valence-electron chi connectivity index (χ1n) is 3.13. The first-order chi connectivity index (χ1) is 6.04. The molecule has 0 aliphatic carbocycles. The number of halogens is 8. The summed E-state index contributed by atoms with van der Waals surface area (Å²) >= 11 is 13.6. The van der Waals surface area contributed by atoms with Gasteiger partial charge >= 0.3 is 5.38 Å². The maximum absolute atomic E-state index is 12.8. The van der Waals surface area contributed by atoms with E-state index in [0.717, 1.165) is 0 Å². The Morgan fingerprint density at radius 2 is 1.50 bits per heavy atom. The standard InChI is InChI=1S/C5H2Cl3F5O/c6-4(7,11)3(5(8,12)13)1(9)2(10)14-3/h1-2H/t1-,2-,3+/m0/s1. The van der Waals surface area contributed by atoms with Gasteiger partial charge in [-0.1, -0.05) is 23.2 Å². The molecule has 1 rings (SSSR count). The van der Waals surface area contributed by atoms with E-state index in [2.05, 4.69) is 39.5 Å². The van der Waals surface area contributed by atoms with Crippen LogP contribution in [0.25, 0.3) is 0 Å². The minimum absolute atomic E-state index is 2.73. The molecule has 0 radical (unpaired) electrons. The maximum Gasteiger partial charge on any atom is 0.359 e. The van der Waals surface area contributed by atoms with E-state index in [1.165, 1.54) is 0 Å². The molecule has 0 unspecified atom stereocenters. The summed E-state index contributed by atoms with van der Waals surface area (Å²) < 4.78 is 62.7. The fraction of sp³-hybridized carbons (Fsp3) is 1.00. The van der Waals surface area contributed by atoms with Crippen molar-refractivity contribution >= 4 is 34.8 Å². The van der Waals surface area contributed by atoms with E-state index in [0.29, 0.717) is 0 Å². The van der Waals surface area contributed by atoms with E-state index < -0.39 is 28.1 Å². The number of hydrogen-bond donors (Lipinski definition) is 0. The second-order valence-corrected chi connectivity index (χ2v) is 4.31. The van der Waals surface area contributed by atoms with Crippen LogP contribution in [0, 0.1) is 0 Å². The van der Waals surface area contributed by atoms with E-state index in [9.17, 15) is 22.0 Å². The molecule has 0 amide bonds. The second-order valence-electron chi connectivity index (χ2n) is 2.60. The van der Waals surface area contributed by atoms with Crippen molar-refractivity contribution in [3.63, 3.8) is 0 Å². The molecule has 0 aromatic heterocycles. The predicted molar refractivity (Wildman–Crippen MR) is 40.0 cm³/mol. The third-order valence-electron chi connectivity index (χ3n) is 1.76. The summed E-state index contributed by atoms with van der Waals surface area (Å²) in [6.45, 7) is 0. The molecule has 84 valence electrons. The highest BCUT2D eigenvalue weighted by molar-refractivity contribution is 6.48. The zero-order valence-corrected chi connectivity index (χ0v) is 8.35. The Morgan fingerprint density at radius 3 is 1.57 bits per heavy atom. The lowest BCUT2D eigenvalue weighted by Gasteiger charge is -2.50. The third-order valence-corrected chi connectivity index (χ3v) is 2.60. The monoisotopic (exact) mass is 278 g/mol. The molecule has 0 aromatic rings. The molecule has 1 aliphatic rings. The molecule has 14 heavy (non-hydrogen) atoms. The van der Waals surface area contributed by atoms with Crippen LogP contribution in [0.15, 0.2) is 0 Å². The first kappa shape index (κ1) is 12.5. The molecule has 1 aliphatic heterocycles. The van der Waals surface area contributed by atoms with Gasteiger partial charge in [0.15, 0.2) is 6.17 Å². The van der Waals surface area contributed by atoms with Gasteiger partial charge in [0.05, 0.1) is 0 Å². The van der Waals surface area contributed by atoms with Crippen molar-refractivity contribution in [2.75, 3.05) is 0 Å². The van der Waals surface area contributed by atoms with Crippen molar-refractivity contribution in [3.8, 4) is 0 Å². The van der Waals surface area contributed by atoms with Crippen LogP contribution >= 0.6 is 34.8 Å². The minimum Gasteiger partial charge on any atom is -0.322 e. The van der Waals surface area contributed by atoms with Gasteiger partial charge in [0.2, 0.25) is 12.0 Å². The van der Waals surface area contributed by atoms with Crippen LogP contribution < -0.4 is 0 Å². The Kier molecular flexibility index (Phi) is 2.90. The van der Waals surface area contributed by atoms with Crippen LogP contribution in [0.4, 0.5) is 22.0 Å². The van der Waals surface area contributed by atoms with Gasteiger partial charge in [-0.15, -0.1) is 0 Å². The molecular weight excluding hydrogens is 277 g/mol. The highest BCUT2D eigenvalue weighted by Gasteiger charge is 2.80. The molecule has 1 heterocycles. The first-order valence-corrected chi connectivity index (χ1v) is 4.27. The van der Waals surface area contributed by atoms with E-state index >= 15 is 0 Å². The van der Waals surface area contributed by atoms with Crippen LogP contribution in [-0.4, -0.2) is 28.1 Å². The summed E-state index contributed by atoms with van der Waals surface area (Å²) in [4.78, 5) is 0. The molecule has 0 saturated carbocycles. The quantitative estimate of drug-likeness (QED) is 0.556. The van der Waals surface area contributed by atoms with Crippen molar-refractivity contribution in [2.45, 2.75) is 28.1 Å². The third kappa shape index (κ3) is 1.47. The summed E-state index contributed by atoms with van der Waals surface area (Å²) in [7, 11) is 0. The van der Waals surface area contributed by atoms with Gasteiger partial charge < -0.3 is 4.74 Å². The van der Waals surface area contributed by atoms with Crippen LogP contribution in [0.2, 0.25) is 0 Å². The van der Waals surface area contributed by atoms with Crippen LogP contribution in [0.3, 0.4) is 0 Å². The van der Waals surface area contributed by atoms with Gasteiger partial charge in [0.25, 0.3) is 4.59 Å². The number of rotatable bonds is 2. The Bertz CT molecular complexity index is 223. The molecule has 9 heteroatoms. The topological polar surface area (TPSA) is 9.23 Å². The summed E-state index contributed by atoms with van der Waals surface area (Å²) in [5.41, 5.74) is -3.72. The molecule has 0 bridgehead atoms. The van der Waals surface area contributed by atoms with Gasteiger partial charge in [-0.05, 0) is 11.6 Å². The molecular formula is C5H2Cl3F5O. The van der Waals surface area contributed by atoms with Gasteiger partial charge in [-0.3, -0.25) is 0 Å². The van der Waals surface area contributed by atoms with Crippen molar-refractivity contribution in [3.05, 3.63) is 0 Å². The molecule has 1 saturated heterocycles. The number of ether oxygens (including phenoxy) is 1.